The molecule has 2 atom stereocenters. The van der Waals surface area contributed by atoms with E-state index < -0.39 is 6.10 Å². The highest BCUT2D eigenvalue weighted by Gasteiger charge is 2.46. The first-order chi connectivity index (χ1) is 9.16. The average Bonchev–Trinajstić information content (AvgIpc) is 3.19. The lowest BCUT2D eigenvalue weighted by atomic mass is 10.0. The third-order valence-corrected chi connectivity index (χ3v) is 3.43. The molecule has 0 amide bonds. The zero-order valence-corrected chi connectivity index (χ0v) is 10.6. The van der Waals surface area contributed by atoms with Gasteiger partial charge in [-0.25, -0.2) is 4.39 Å². The Morgan fingerprint density at radius 1 is 1.11 bits per heavy atom. The summed E-state index contributed by atoms with van der Waals surface area (Å²) in [6.45, 7) is 0. The molecule has 4 heteroatoms. The number of hydrogen-bond acceptors (Lipinski definition) is 2. The fourth-order valence-corrected chi connectivity index (χ4v) is 2.28. The highest BCUT2D eigenvalue weighted by atomic mass is 35.5. The Balaban J connectivity index is 1.78. The maximum atomic E-state index is 12.8. The molecule has 2 aromatic carbocycles. The van der Waals surface area contributed by atoms with Crippen molar-refractivity contribution in [2.75, 3.05) is 0 Å². The van der Waals surface area contributed by atoms with Gasteiger partial charge in [0, 0.05) is 16.1 Å². The van der Waals surface area contributed by atoms with Gasteiger partial charge in [0.15, 0.2) is 11.9 Å². The highest BCUT2D eigenvalue weighted by Crippen LogP contribution is 2.43. The number of rotatable bonds is 3. The van der Waals surface area contributed by atoms with Crippen LogP contribution in [0.25, 0.3) is 0 Å². The van der Waals surface area contributed by atoms with Crippen LogP contribution in [0.1, 0.15) is 22.0 Å². The van der Waals surface area contributed by atoms with E-state index in [4.69, 9.17) is 16.3 Å². The van der Waals surface area contributed by atoms with Crippen LogP contribution in [0, 0.1) is 5.82 Å². The molecule has 1 saturated heterocycles. The molecule has 0 saturated carbocycles. The molecule has 0 bridgehead atoms. The Bertz CT molecular complexity index is 624. The van der Waals surface area contributed by atoms with Crippen molar-refractivity contribution in [3.63, 3.8) is 0 Å². The number of epoxide rings is 1. The van der Waals surface area contributed by atoms with Crippen LogP contribution >= 0.6 is 11.6 Å². The second-order valence-corrected chi connectivity index (χ2v) is 4.78. The number of carbonyl (C=O) groups excluding carboxylic acids is 1. The van der Waals surface area contributed by atoms with Gasteiger partial charge in [0.25, 0.3) is 0 Å². The predicted octanol–water partition coefficient (Wildman–Crippen LogP) is 3.80. The number of carbonyl (C=O) groups is 1. The number of halogens is 2. The van der Waals surface area contributed by atoms with E-state index in [0.29, 0.717) is 10.6 Å². The molecule has 1 heterocycles. The van der Waals surface area contributed by atoms with Gasteiger partial charge >= 0.3 is 0 Å². The van der Waals surface area contributed by atoms with E-state index in [1.54, 1.807) is 6.07 Å². The van der Waals surface area contributed by atoms with Crippen LogP contribution in [-0.4, -0.2) is 11.9 Å². The topological polar surface area (TPSA) is 29.6 Å². The maximum absolute atomic E-state index is 12.8. The summed E-state index contributed by atoms with van der Waals surface area (Å²) in [6, 6.07) is 12.7. The van der Waals surface area contributed by atoms with Crippen molar-refractivity contribution in [2.45, 2.75) is 12.2 Å². The molecular weight excluding hydrogens is 267 g/mol. The summed E-state index contributed by atoms with van der Waals surface area (Å²) in [4.78, 5) is 12.1. The van der Waals surface area contributed by atoms with Crippen LogP contribution in [0.5, 0.6) is 0 Å². The third kappa shape index (κ3) is 2.39. The minimum Gasteiger partial charge on any atom is -0.356 e. The van der Waals surface area contributed by atoms with Crippen molar-refractivity contribution in [2.24, 2.45) is 0 Å². The SMILES string of the molecule is O=C(c1ccc(F)cc1)[C@H]1O[C@@H]1c1ccccc1Cl. The van der Waals surface area contributed by atoms with Crippen LogP contribution in [0.4, 0.5) is 4.39 Å². The molecule has 96 valence electrons. The summed E-state index contributed by atoms with van der Waals surface area (Å²) in [7, 11) is 0. The van der Waals surface area contributed by atoms with Crippen molar-refractivity contribution in [3.05, 3.63) is 70.5 Å². The largest absolute Gasteiger partial charge is 0.356 e. The standard InChI is InChI=1S/C15H10ClFO2/c16-12-4-2-1-3-11(12)14-15(19-14)13(18)9-5-7-10(17)8-6-9/h1-8,14-15H/t14-,15-/m1/s1. The van der Waals surface area contributed by atoms with Crippen molar-refractivity contribution in [3.8, 4) is 0 Å². The number of hydrogen-bond donors (Lipinski definition) is 0. The number of benzene rings is 2. The first kappa shape index (κ1) is 12.3. The Hall–Kier alpha value is -1.71. The summed E-state index contributed by atoms with van der Waals surface area (Å²) in [5, 5.41) is 0.585. The average molecular weight is 277 g/mol. The van der Waals surface area contributed by atoms with Crippen molar-refractivity contribution in [1.29, 1.82) is 0 Å². The van der Waals surface area contributed by atoms with Gasteiger partial charge in [-0.1, -0.05) is 29.8 Å². The van der Waals surface area contributed by atoms with Gasteiger partial charge in [0.2, 0.25) is 0 Å². The van der Waals surface area contributed by atoms with Crippen LogP contribution in [0.15, 0.2) is 48.5 Å². The van der Waals surface area contributed by atoms with E-state index in [0.717, 1.165) is 5.56 Å². The lowest BCUT2D eigenvalue weighted by Crippen LogP contribution is -2.08. The molecule has 3 rings (SSSR count). The molecule has 2 aromatic rings. The summed E-state index contributed by atoms with van der Waals surface area (Å²) < 4.78 is 18.2. The van der Waals surface area contributed by atoms with Crippen LogP contribution in [0.2, 0.25) is 5.02 Å². The predicted molar refractivity (Wildman–Crippen MR) is 69.8 cm³/mol. The Labute approximate surface area is 114 Å². The molecule has 1 aliphatic rings. The van der Waals surface area contributed by atoms with E-state index in [1.807, 2.05) is 18.2 Å². The molecular formula is C15H10ClFO2. The van der Waals surface area contributed by atoms with Gasteiger partial charge < -0.3 is 4.74 Å². The first-order valence-electron chi connectivity index (χ1n) is 5.86. The van der Waals surface area contributed by atoms with E-state index in [-0.39, 0.29) is 17.7 Å². The smallest absolute Gasteiger partial charge is 0.194 e. The third-order valence-electron chi connectivity index (χ3n) is 3.09. The molecule has 0 radical (unpaired) electrons. The van der Waals surface area contributed by atoms with Crippen molar-refractivity contribution >= 4 is 17.4 Å². The fourth-order valence-electron chi connectivity index (χ4n) is 2.03. The zero-order chi connectivity index (χ0) is 13.4. The van der Waals surface area contributed by atoms with Crippen LogP contribution in [-0.2, 0) is 4.74 Å². The van der Waals surface area contributed by atoms with Gasteiger partial charge in [-0.3, -0.25) is 4.79 Å². The second-order valence-electron chi connectivity index (χ2n) is 4.37. The van der Waals surface area contributed by atoms with E-state index >= 15 is 0 Å². The molecule has 0 unspecified atom stereocenters. The summed E-state index contributed by atoms with van der Waals surface area (Å²) in [5.74, 6) is -0.513. The van der Waals surface area contributed by atoms with Crippen LogP contribution in [0.3, 0.4) is 0 Å². The molecule has 1 fully saturated rings. The minimum absolute atomic E-state index is 0.148. The van der Waals surface area contributed by atoms with Gasteiger partial charge in [0.1, 0.15) is 11.9 Å². The van der Waals surface area contributed by atoms with Gasteiger partial charge in [-0.15, -0.1) is 0 Å². The highest BCUT2D eigenvalue weighted by molar-refractivity contribution is 6.31. The lowest BCUT2D eigenvalue weighted by molar-refractivity contribution is 0.0953. The van der Waals surface area contributed by atoms with Gasteiger partial charge in [0.05, 0.1) is 0 Å². The number of Topliss-reactive ketones (excluding diaryl/α,β-unsaturated/α-hetero) is 1. The number of ether oxygens (including phenoxy) is 1. The summed E-state index contributed by atoms with van der Waals surface area (Å²) >= 11 is 6.06. The molecule has 1 aliphatic heterocycles. The monoisotopic (exact) mass is 276 g/mol. The first-order valence-corrected chi connectivity index (χ1v) is 6.24. The molecule has 0 aromatic heterocycles. The Kier molecular flexibility index (Phi) is 3.09. The second kappa shape index (κ2) is 4.76. The van der Waals surface area contributed by atoms with E-state index in [9.17, 15) is 9.18 Å². The molecule has 19 heavy (non-hydrogen) atoms. The van der Waals surface area contributed by atoms with Crippen LogP contribution < -0.4 is 0 Å². The molecule has 0 aliphatic carbocycles. The van der Waals surface area contributed by atoms with Gasteiger partial charge in [-0.05, 0) is 30.3 Å². The van der Waals surface area contributed by atoms with E-state index in [1.165, 1.54) is 24.3 Å². The quantitative estimate of drug-likeness (QED) is 0.630. The normalized spacial score (nSPS) is 21.2. The zero-order valence-electron chi connectivity index (χ0n) is 9.85. The molecule has 0 spiro atoms. The number of ketones is 1. The Morgan fingerprint density at radius 2 is 1.79 bits per heavy atom. The lowest BCUT2D eigenvalue weighted by Gasteiger charge is -1.99. The van der Waals surface area contributed by atoms with Gasteiger partial charge in [-0.2, -0.15) is 0 Å². The minimum atomic E-state index is -0.523. The maximum Gasteiger partial charge on any atom is 0.194 e. The molecule has 2 nitrogen and oxygen atoms in total. The van der Waals surface area contributed by atoms with Crippen molar-refractivity contribution < 1.29 is 13.9 Å². The Morgan fingerprint density at radius 3 is 2.47 bits per heavy atom. The fraction of sp³-hybridized carbons (Fsp3) is 0.133. The van der Waals surface area contributed by atoms with E-state index in [2.05, 4.69) is 0 Å². The summed E-state index contributed by atoms with van der Waals surface area (Å²) in [5.41, 5.74) is 1.26. The van der Waals surface area contributed by atoms with Crippen molar-refractivity contribution in [1.82, 2.24) is 0 Å². The molecule has 0 N–H and O–H groups in total. The summed E-state index contributed by atoms with van der Waals surface area (Å²) in [6.07, 6.45) is -0.823.